The maximum absolute atomic E-state index is 13.2. The summed E-state index contributed by atoms with van der Waals surface area (Å²) in [6, 6.07) is 16.6. The van der Waals surface area contributed by atoms with Crippen LogP contribution in [0, 0.1) is 5.41 Å². The monoisotopic (exact) mass is 543 g/mol. The number of carbonyl (C=O) groups excluding carboxylic acids is 2. The molecule has 1 aromatic heterocycles. The molecule has 1 aliphatic carbocycles. The van der Waals surface area contributed by atoms with Gasteiger partial charge in [0, 0.05) is 24.1 Å². The molecule has 0 saturated heterocycles. The third-order valence-corrected chi connectivity index (χ3v) is 9.51. The molecule has 0 N–H and O–H groups in total. The number of carbonyl (C=O) groups is 2. The first-order valence-electron chi connectivity index (χ1n) is 12.7. The number of allylic oxidation sites excluding steroid dienone is 6. The Morgan fingerprint density at radius 1 is 1.08 bits per heavy atom. The minimum Gasteiger partial charge on any atom is -0.465 e. The van der Waals surface area contributed by atoms with E-state index in [2.05, 4.69) is 66.1 Å². The lowest BCUT2D eigenvalue weighted by atomic mass is 9.69. The standard InChI is InChI=1S/C31H31N2O3S2/c1-5-36-30(35)31(21(2)34)19-22(14-16-28-32(3)24-10-6-8-12-26(24)37-28)18-23(20-31)15-17-29-33(4)25-11-7-9-13-27(25)38-29/h6-18H,5,19-20H2,1-4H3/q+1. The van der Waals surface area contributed by atoms with Crippen molar-refractivity contribution in [2.45, 2.75) is 31.6 Å². The number of hydrogen-bond acceptors (Lipinski definition) is 6. The highest BCUT2D eigenvalue weighted by Gasteiger charge is 2.47. The lowest BCUT2D eigenvalue weighted by Gasteiger charge is -2.33. The Kier molecular flexibility index (Phi) is 7.41. The van der Waals surface area contributed by atoms with Crippen molar-refractivity contribution < 1.29 is 18.9 Å². The molecule has 1 unspecified atom stereocenters. The van der Waals surface area contributed by atoms with Gasteiger partial charge in [0.05, 0.1) is 17.3 Å². The number of anilines is 1. The second-order valence-electron chi connectivity index (χ2n) is 9.61. The third kappa shape index (κ3) is 4.88. The summed E-state index contributed by atoms with van der Waals surface area (Å²) in [5.74, 6) is -0.613. The maximum Gasteiger partial charge on any atom is 0.320 e. The number of ether oxygens (including phenoxy) is 1. The second kappa shape index (κ2) is 10.8. The normalized spacial score (nSPS) is 21.4. The van der Waals surface area contributed by atoms with Gasteiger partial charge in [0.2, 0.25) is 5.52 Å². The molecule has 194 valence electrons. The molecule has 38 heavy (non-hydrogen) atoms. The van der Waals surface area contributed by atoms with Gasteiger partial charge in [0.1, 0.15) is 22.9 Å². The largest absolute Gasteiger partial charge is 0.465 e. The molecule has 2 aromatic carbocycles. The molecular formula is C31H31N2O3S2+. The summed E-state index contributed by atoms with van der Waals surface area (Å²) in [5.41, 5.74) is 2.97. The lowest BCUT2D eigenvalue weighted by molar-refractivity contribution is -0.642. The van der Waals surface area contributed by atoms with Gasteiger partial charge in [0.15, 0.2) is 0 Å². The minimum absolute atomic E-state index is 0.166. The summed E-state index contributed by atoms with van der Waals surface area (Å²) < 4.78 is 8.81. The Hall–Kier alpha value is -3.42. The van der Waals surface area contributed by atoms with Crippen LogP contribution in [0.1, 0.15) is 31.7 Å². The number of hydrogen-bond donors (Lipinski definition) is 0. The van der Waals surface area contributed by atoms with Crippen LogP contribution < -0.4 is 9.47 Å². The fourth-order valence-corrected chi connectivity index (χ4v) is 7.11. The number of nitrogens with zero attached hydrogens (tertiary/aromatic N) is 2. The zero-order valence-corrected chi connectivity index (χ0v) is 23.7. The number of thiazole rings is 1. The van der Waals surface area contributed by atoms with Gasteiger partial charge in [-0.2, -0.15) is 4.57 Å². The molecule has 0 saturated carbocycles. The third-order valence-electron chi connectivity index (χ3n) is 7.15. The first-order valence-corrected chi connectivity index (χ1v) is 14.3. The number of aromatic nitrogens is 1. The summed E-state index contributed by atoms with van der Waals surface area (Å²) in [4.78, 5) is 29.6. The van der Waals surface area contributed by atoms with Crippen LogP contribution in [0.2, 0.25) is 0 Å². The summed E-state index contributed by atoms with van der Waals surface area (Å²) in [7, 11) is 4.11. The average Bonchev–Trinajstić information content (AvgIpc) is 3.42. The number of thioether (sulfide) groups is 1. The van der Waals surface area contributed by atoms with E-state index < -0.39 is 11.4 Å². The number of fused-ring (bicyclic) bond motifs is 2. The van der Waals surface area contributed by atoms with Crippen molar-refractivity contribution >= 4 is 56.8 Å². The number of aryl methyl sites for hydroxylation is 1. The lowest BCUT2D eigenvalue weighted by Crippen LogP contribution is -2.41. The van der Waals surface area contributed by atoms with E-state index in [0.29, 0.717) is 12.8 Å². The summed E-state index contributed by atoms with van der Waals surface area (Å²) in [5, 5.41) is 2.19. The number of Topliss-reactive ketones (excluding diaryl/α,β-unsaturated/α-hetero) is 1. The highest BCUT2D eigenvalue weighted by Crippen LogP contribution is 2.45. The Balaban J connectivity index is 1.52. The van der Waals surface area contributed by atoms with Gasteiger partial charge < -0.3 is 9.64 Å². The molecule has 3 aromatic rings. The van der Waals surface area contributed by atoms with E-state index in [4.69, 9.17) is 4.74 Å². The Morgan fingerprint density at radius 2 is 1.84 bits per heavy atom. The highest BCUT2D eigenvalue weighted by molar-refractivity contribution is 8.03. The van der Waals surface area contributed by atoms with Crippen molar-refractivity contribution in [3.63, 3.8) is 0 Å². The molecule has 1 aliphatic heterocycles. The van der Waals surface area contributed by atoms with Crippen molar-refractivity contribution in [2.75, 3.05) is 18.6 Å². The van der Waals surface area contributed by atoms with E-state index in [1.54, 1.807) is 30.0 Å². The predicted octanol–water partition coefficient (Wildman–Crippen LogP) is 6.61. The van der Waals surface area contributed by atoms with Gasteiger partial charge in [-0.05, 0) is 62.1 Å². The van der Waals surface area contributed by atoms with Gasteiger partial charge >= 0.3 is 5.97 Å². The van der Waals surface area contributed by atoms with Gasteiger partial charge in [-0.1, -0.05) is 65.6 Å². The van der Waals surface area contributed by atoms with Crippen molar-refractivity contribution in [1.29, 1.82) is 0 Å². The van der Waals surface area contributed by atoms with Crippen molar-refractivity contribution in [2.24, 2.45) is 12.5 Å². The van der Waals surface area contributed by atoms with Crippen molar-refractivity contribution in [3.05, 3.63) is 94.0 Å². The van der Waals surface area contributed by atoms with Crippen LogP contribution in [0.5, 0.6) is 0 Å². The molecule has 1 atom stereocenters. The molecule has 0 spiro atoms. The maximum atomic E-state index is 13.2. The molecule has 0 amide bonds. The highest BCUT2D eigenvalue weighted by atomic mass is 32.2. The van der Waals surface area contributed by atoms with E-state index in [-0.39, 0.29) is 12.4 Å². The van der Waals surface area contributed by atoms with Crippen LogP contribution in [-0.4, -0.2) is 25.4 Å². The molecule has 5 nitrogen and oxygen atoms in total. The van der Waals surface area contributed by atoms with Crippen LogP contribution in [0.25, 0.3) is 16.3 Å². The Labute approximate surface area is 231 Å². The first-order chi connectivity index (χ1) is 18.3. The van der Waals surface area contributed by atoms with Gasteiger partial charge in [0.25, 0.3) is 5.01 Å². The molecule has 0 bridgehead atoms. The molecule has 7 heteroatoms. The number of esters is 1. The van der Waals surface area contributed by atoms with Crippen LogP contribution >= 0.6 is 23.1 Å². The van der Waals surface area contributed by atoms with Crippen molar-refractivity contribution in [1.82, 2.24) is 0 Å². The van der Waals surface area contributed by atoms with Gasteiger partial charge in [-0.25, -0.2) is 0 Å². The topological polar surface area (TPSA) is 50.5 Å². The molecule has 0 fully saturated rings. The van der Waals surface area contributed by atoms with E-state index in [1.165, 1.54) is 27.7 Å². The number of ketones is 1. The number of rotatable bonds is 6. The number of benzene rings is 2. The fourth-order valence-electron chi connectivity index (χ4n) is 5.01. The smallest absolute Gasteiger partial charge is 0.320 e. The van der Waals surface area contributed by atoms with Crippen molar-refractivity contribution in [3.8, 4) is 0 Å². The van der Waals surface area contributed by atoms with Crippen LogP contribution in [0.3, 0.4) is 0 Å². The minimum atomic E-state index is -1.23. The summed E-state index contributed by atoms with van der Waals surface area (Å²) in [6.07, 6.45) is 11.0. The van der Waals surface area contributed by atoms with E-state index in [0.717, 1.165) is 21.2 Å². The molecule has 5 rings (SSSR count). The molecule has 2 heterocycles. The average molecular weight is 544 g/mol. The zero-order chi connectivity index (χ0) is 26.9. The molecule has 0 radical (unpaired) electrons. The quantitative estimate of drug-likeness (QED) is 0.199. The van der Waals surface area contributed by atoms with E-state index in [1.807, 2.05) is 36.4 Å². The molecule has 2 aliphatic rings. The first kappa shape index (κ1) is 26.2. The van der Waals surface area contributed by atoms with Crippen LogP contribution in [0.4, 0.5) is 5.69 Å². The van der Waals surface area contributed by atoms with Crippen LogP contribution in [-0.2, 0) is 21.4 Å². The van der Waals surface area contributed by atoms with Gasteiger partial charge in [-0.15, -0.1) is 0 Å². The predicted molar refractivity (Wildman–Crippen MR) is 156 cm³/mol. The summed E-state index contributed by atoms with van der Waals surface area (Å²) in [6.45, 7) is 3.52. The van der Waals surface area contributed by atoms with Crippen LogP contribution in [0.15, 0.2) is 93.9 Å². The van der Waals surface area contributed by atoms with Gasteiger partial charge in [-0.3, -0.25) is 9.59 Å². The Bertz CT molecular complexity index is 1550. The van der Waals surface area contributed by atoms with E-state index >= 15 is 0 Å². The number of para-hydroxylation sites is 2. The van der Waals surface area contributed by atoms with E-state index in [9.17, 15) is 9.59 Å². The second-order valence-corrected chi connectivity index (χ2v) is 11.7. The zero-order valence-electron chi connectivity index (χ0n) is 22.1. The molecular weight excluding hydrogens is 512 g/mol. The fraction of sp³-hybridized carbons (Fsp3) is 0.258. The Morgan fingerprint density at radius 3 is 2.58 bits per heavy atom. The summed E-state index contributed by atoms with van der Waals surface area (Å²) >= 11 is 3.43. The SMILES string of the molecule is CCOC(=O)C1(C(C)=O)CC(=CC=C2Sc3ccccc3N2C)C=C(C=Cc2sc3ccccc3[n+]2C)C1.